The average molecular weight is 384 g/mol. The Balaban J connectivity index is 2.31. The van der Waals surface area contributed by atoms with E-state index in [9.17, 15) is 14.4 Å². The predicted molar refractivity (Wildman–Crippen MR) is 107 cm³/mol. The fourth-order valence-corrected chi connectivity index (χ4v) is 2.79. The Morgan fingerprint density at radius 1 is 0.857 bits per heavy atom. The molecule has 1 N–H and O–H groups in total. The summed E-state index contributed by atoms with van der Waals surface area (Å²) >= 11 is 0. The highest BCUT2D eigenvalue weighted by molar-refractivity contribution is 6.09. The van der Waals surface area contributed by atoms with Crippen molar-refractivity contribution in [2.75, 3.05) is 37.5 Å². The van der Waals surface area contributed by atoms with Gasteiger partial charge in [-0.2, -0.15) is 0 Å². The Kier molecular flexibility index (Phi) is 7.14. The quantitative estimate of drug-likeness (QED) is 0.737. The molecule has 0 aromatic heterocycles. The second kappa shape index (κ2) is 9.55. The third-order valence-electron chi connectivity index (χ3n) is 4.35. The van der Waals surface area contributed by atoms with E-state index in [0.717, 1.165) is 18.8 Å². The van der Waals surface area contributed by atoms with Gasteiger partial charge in [0.2, 0.25) is 0 Å². The number of carbonyl (C=O) groups is 3. The van der Waals surface area contributed by atoms with Crippen molar-refractivity contribution in [3.63, 3.8) is 0 Å². The van der Waals surface area contributed by atoms with Gasteiger partial charge in [0, 0.05) is 24.3 Å². The minimum Gasteiger partial charge on any atom is -0.465 e. The van der Waals surface area contributed by atoms with Crippen molar-refractivity contribution in [2.24, 2.45) is 0 Å². The number of anilines is 2. The van der Waals surface area contributed by atoms with Gasteiger partial charge >= 0.3 is 11.9 Å². The molecule has 2 aromatic carbocycles. The first-order chi connectivity index (χ1) is 13.4. The first-order valence-corrected chi connectivity index (χ1v) is 8.92. The highest BCUT2D eigenvalue weighted by atomic mass is 16.5. The molecule has 148 valence electrons. The van der Waals surface area contributed by atoms with Gasteiger partial charge in [0.25, 0.3) is 5.91 Å². The summed E-state index contributed by atoms with van der Waals surface area (Å²) < 4.78 is 9.44. The maximum absolute atomic E-state index is 12.7. The number of nitrogens with zero attached hydrogens (tertiary/aromatic N) is 1. The lowest BCUT2D eigenvalue weighted by Gasteiger charge is -2.21. The van der Waals surface area contributed by atoms with Crippen LogP contribution in [0.1, 0.15) is 44.9 Å². The minimum atomic E-state index is -0.622. The third-order valence-corrected chi connectivity index (χ3v) is 4.35. The summed E-state index contributed by atoms with van der Waals surface area (Å²) in [5, 5.41) is 2.68. The zero-order chi connectivity index (χ0) is 20.7. The van der Waals surface area contributed by atoms with Crippen LogP contribution in [0.3, 0.4) is 0 Å². The zero-order valence-corrected chi connectivity index (χ0v) is 16.4. The number of amides is 1. The Labute approximate surface area is 164 Å². The number of carbonyl (C=O) groups excluding carboxylic acids is 3. The second-order valence-electron chi connectivity index (χ2n) is 5.92. The standard InChI is InChI=1S/C21H24N2O5/c1-5-23(6-2)16-10-7-14(8-11-16)19(24)22-18-13-15(20(25)27-3)9-12-17(18)21(26)28-4/h7-13H,5-6H2,1-4H3,(H,22,24). The molecule has 7 nitrogen and oxygen atoms in total. The predicted octanol–water partition coefficient (Wildman–Crippen LogP) is 3.36. The lowest BCUT2D eigenvalue weighted by atomic mass is 10.1. The van der Waals surface area contributed by atoms with Gasteiger partial charge < -0.3 is 19.7 Å². The summed E-state index contributed by atoms with van der Waals surface area (Å²) in [7, 11) is 2.50. The van der Waals surface area contributed by atoms with Crippen molar-refractivity contribution < 1.29 is 23.9 Å². The van der Waals surface area contributed by atoms with Gasteiger partial charge in [0.15, 0.2) is 0 Å². The van der Waals surface area contributed by atoms with Crippen LogP contribution in [0.5, 0.6) is 0 Å². The number of hydrogen-bond donors (Lipinski definition) is 1. The Hall–Kier alpha value is -3.35. The fourth-order valence-electron chi connectivity index (χ4n) is 2.79. The molecule has 0 aliphatic carbocycles. The van der Waals surface area contributed by atoms with Gasteiger partial charge in [0.05, 0.1) is 31.0 Å². The van der Waals surface area contributed by atoms with Gasteiger partial charge in [-0.1, -0.05) is 0 Å². The number of ether oxygens (including phenoxy) is 2. The molecule has 0 atom stereocenters. The largest absolute Gasteiger partial charge is 0.465 e. The summed E-state index contributed by atoms with van der Waals surface area (Å²) in [5.74, 6) is -1.60. The molecule has 0 aliphatic rings. The lowest BCUT2D eigenvalue weighted by Crippen LogP contribution is -2.22. The monoisotopic (exact) mass is 384 g/mol. The molecule has 0 aliphatic heterocycles. The fraction of sp³-hybridized carbons (Fsp3) is 0.286. The molecule has 0 bridgehead atoms. The van der Waals surface area contributed by atoms with Crippen LogP contribution < -0.4 is 10.2 Å². The first-order valence-electron chi connectivity index (χ1n) is 8.92. The van der Waals surface area contributed by atoms with Crippen molar-refractivity contribution in [1.82, 2.24) is 0 Å². The number of methoxy groups -OCH3 is 2. The van der Waals surface area contributed by atoms with Crippen LogP contribution in [0.15, 0.2) is 42.5 Å². The number of hydrogen-bond acceptors (Lipinski definition) is 6. The first kappa shape index (κ1) is 21.0. The van der Waals surface area contributed by atoms with E-state index in [4.69, 9.17) is 9.47 Å². The molecule has 0 fully saturated rings. The zero-order valence-electron chi connectivity index (χ0n) is 16.4. The molecule has 0 spiro atoms. The van der Waals surface area contributed by atoms with E-state index >= 15 is 0 Å². The highest BCUT2D eigenvalue weighted by Gasteiger charge is 2.18. The molecule has 1 amide bonds. The number of nitrogens with one attached hydrogen (secondary N) is 1. The molecular formula is C21H24N2O5. The normalized spacial score (nSPS) is 10.1. The maximum Gasteiger partial charge on any atom is 0.339 e. The topological polar surface area (TPSA) is 84.9 Å². The molecule has 0 saturated heterocycles. The van der Waals surface area contributed by atoms with E-state index in [1.54, 1.807) is 12.1 Å². The molecule has 0 radical (unpaired) electrons. The van der Waals surface area contributed by atoms with Gasteiger partial charge in [0.1, 0.15) is 0 Å². The van der Waals surface area contributed by atoms with Gasteiger partial charge in [-0.3, -0.25) is 4.79 Å². The molecule has 2 aromatic rings. The van der Waals surface area contributed by atoms with E-state index in [1.807, 2.05) is 12.1 Å². The lowest BCUT2D eigenvalue weighted by molar-refractivity contribution is 0.0587. The van der Waals surface area contributed by atoms with Crippen molar-refractivity contribution in [2.45, 2.75) is 13.8 Å². The summed E-state index contributed by atoms with van der Waals surface area (Å²) in [6.07, 6.45) is 0. The van der Waals surface area contributed by atoms with Crippen LogP contribution in [0, 0.1) is 0 Å². The van der Waals surface area contributed by atoms with Crippen LogP contribution in [-0.2, 0) is 9.47 Å². The van der Waals surface area contributed by atoms with Crippen LogP contribution >= 0.6 is 0 Å². The summed E-state index contributed by atoms with van der Waals surface area (Å²) in [6, 6.07) is 11.4. The molecule has 0 heterocycles. The van der Waals surface area contributed by atoms with Crippen LogP contribution in [0.4, 0.5) is 11.4 Å². The van der Waals surface area contributed by atoms with E-state index in [2.05, 4.69) is 24.1 Å². The minimum absolute atomic E-state index is 0.142. The molecule has 7 heteroatoms. The maximum atomic E-state index is 12.7. The van der Waals surface area contributed by atoms with Gasteiger partial charge in [-0.15, -0.1) is 0 Å². The molecule has 0 unspecified atom stereocenters. The van der Waals surface area contributed by atoms with E-state index < -0.39 is 17.8 Å². The molecular weight excluding hydrogens is 360 g/mol. The van der Waals surface area contributed by atoms with Gasteiger partial charge in [-0.25, -0.2) is 9.59 Å². The third kappa shape index (κ3) is 4.68. The number of rotatable bonds is 7. The van der Waals surface area contributed by atoms with Crippen molar-refractivity contribution in [3.05, 3.63) is 59.2 Å². The second-order valence-corrected chi connectivity index (χ2v) is 5.92. The van der Waals surface area contributed by atoms with E-state index in [-0.39, 0.29) is 16.8 Å². The van der Waals surface area contributed by atoms with Gasteiger partial charge in [-0.05, 0) is 56.3 Å². The summed E-state index contributed by atoms with van der Waals surface area (Å²) in [5.41, 5.74) is 1.97. The van der Waals surface area contributed by atoms with Crippen molar-refractivity contribution in [3.8, 4) is 0 Å². The number of benzene rings is 2. The number of esters is 2. The van der Waals surface area contributed by atoms with E-state index in [1.165, 1.54) is 32.4 Å². The van der Waals surface area contributed by atoms with E-state index in [0.29, 0.717) is 5.56 Å². The average Bonchev–Trinajstić information content (AvgIpc) is 2.73. The smallest absolute Gasteiger partial charge is 0.339 e. The van der Waals surface area contributed by atoms with Crippen LogP contribution in [0.25, 0.3) is 0 Å². The van der Waals surface area contributed by atoms with Crippen molar-refractivity contribution >= 4 is 29.2 Å². The SMILES string of the molecule is CCN(CC)c1ccc(C(=O)Nc2cc(C(=O)OC)ccc2C(=O)OC)cc1. The van der Waals surface area contributed by atoms with Crippen LogP contribution in [-0.4, -0.2) is 45.2 Å². The Morgan fingerprint density at radius 3 is 1.96 bits per heavy atom. The van der Waals surface area contributed by atoms with Crippen molar-refractivity contribution in [1.29, 1.82) is 0 Å². The Bertz CT molecular complexity index is 858. The van der Waals surface area contributed by atoms with Crippen LogP contribution in [0.2, 0.25) is 0 Å². The Morgan fingerprint density at radius 2 is 1.43 bits per heavy atom. The highest BCUT2D eigenvalue weighted by Crippen LogP contribution is 2.21. The summed E-state index contributed by atoms with van der Waals surface area (Å²) in [6.45, 7) is 5.86. The molecule has 28 heavy (non-hydrogen) atoms. The molecule has 2 rings (SSSR count). The molecule has 0 saturated carbocycles. The summed E-state index contributed by atoms with van der Waals surface area (Å²) in [4.78, 5) is 38.6.